The minimum absolute atomic E-state index is 0.0488. The summed E-state index contributed by atoms with van der Waals surface area (Å²) < 4.78 is 15.3. The summed E-state index contributed by atoms with van der Waals surface area (Å²) >= 11 is 1.66. The van der Waals surface area contributed by atoms with Crippen LogP contribution in [0, 0.1) is 11.2 Å². The van der Waals surface area contributed by atoms with Gasteiger partial charge in [0, 0.05) is 23.1 Å². The molecule has 0 fully saturated rings. The van der Waals surface area contributed by atoms with Gasteiger partial charge in [-0.1, -0.05) is 18.2 Å². The fourth-order valence-corrected chi connectivity index (χ4v) is 4.51. The van der Waals surface area contributed by atoms with Crippen molar-refractivity contribution in [1.82, 2.24) is 5.32 Å². The van der Waals surface area contributed by atoms with E-state index in [4.69, 9.17) is 11.1 Å². The second-order valence-electron chi connectivity index (χ2n) is 7.42. The normalized spacial score (nSPS) is 13.4. The van der Waals surface area contributed by atoms with E-state index >= 15 is 0 Å². The number of halogens is 1. The van der Waals surface area contributed by atoms with E-state index in [1.807, 2.05) is 12.1 Å². The molecule has 0 bridgehead atoms. The predicted molar refractivity (Wildman–Crippen MR) is 127 cm³/mol. The zero-order valence-electron chi connectivity index (χ0n) is 17.3. The van der Waals surface area contributed by atoms with Crippen molar-refractivity contribution >= 4 is 29.3 Å². The van der Waals surface area contributed by atoms with Gasteiger partial charge in [0.15, 0.2) is 0 Å². The van der Waals surface area contributed by atoms with Gasteiger partial charge in [0.1, 0.15) is 11.6 Å². The van der Waals surface area contributed by atoms with Crippen LogP contribution in [-0.2, 0) is 6.42 Å². The number of hydrogen-bond donors (Lipinski definition) is 3. The Labute approximate surface area is 190 Å². The highest BCUT2D eigenvalue weighted by molar-refractivity contribution is 8.00. The first-order chi connectivity index (χ1) is 15.5. The maximum atomic E-state index is 13.0. The molecule has 4 rings (SSSR count). The molecule has 0 saturated carbocycles. The molecule has 3 aromatic carbocycles. The molecule has 0 spiro atoms. The summed E-state index contributed by atoms with van der Waals surface area (Å²) in [7, 11) is 0. The van der Waals surface area contributed by atoms with Crippen LogP contribution in [0.15, 0.2) is 89.6 Å². The summed E-state index contributed by atoms with van der Waals surface area (Å²) in [6.45, 7) is 0.977. The second kappa shape index (κ2) is 9.70. The number of allylic oxidation sites excluding steroid dienone is 1. The number of anilines is 1. The highest BCUT2D eigenvalue weighted by Crippen LogP contribution is 2.35. The fraction of sp³-hybridized carbons (Fsp3) is 0.120. The molecule has 1 amide bonds. The monoisotopic (exact) mass is 446 g/mol. The predicted octanol–water partition coefficient (Wildman–Crippen LogP) is 4.88. The number of rotatable bonds is 6. The molecule has 0 saturated heterocycles. The Kier molecular flexibility index (Phi) is 6.56. The number of carbonyl (C=O) groups excluding carboxylic acids is 1. The number of aryl methyl sites for hydroxylation is 1. The lowest BCUT2D eigenvalue weighted by atomic mass is 10.0. The van der Waals surface area contributed by atoms with E-state index in [0.717, 1.165) is 24.3 Å². The molecule has 4 N–H and O–H groups in total. The summed E-state index contributed by atoms with van der Waals surface area (Å²) in [4.78, 5) is 13.6. The quantitative estimate of drug-likeness (QED) is 0.372. The van der Waals surface area contributed by atoms with Crippen LogP contribution in [0.3, 0.4) is 0 Å². The number of nitrogens with zero attached hydrogens (tertiary/aromatic N) is 1. The molecule has 5 nitrogen and oxygen atoms in total. The summed E-state index contributed by atoms with van der Waals surface area (Å²) in [5.41, 5.74) is 9.54. The van der Waals surface area contributed by atoms with Gasteiger partial charge in [-0.2, -0.15) is 0 Å². The lowest BCUT2D eigenvalue weighted by Gasteiger charge is -2.29. The summed E-state index contributed by atoms with van der Waals surface area (Å²) in [5.74, 6) is -0.684. The fourth-order valence-electron chi connectivity index (χ4n) is 3.50. The van der Waals surface area contributed by atoms with Crippen molar-refractivity contribution in [2.45, 2.75) is 17.7 Å². The molecule has 32 heavy (non-hydrogen) atoms. The highest BCUT2D eigenvalue weighted by atomic mass is 32.2. The number of nitrogens with one attached hydrogen (secondary N) is 2. The van der Waals surface area contributed by atoms with Gasteiger partial charge in [0.2, 0.25) is 0 Å². The lowest BCUT2D eigenvalue weighted by molar-refractivity contribution is 0.0965. The van der Waals surface area contributed by atoms with Crippen LogP contribution in [0.1, 0.15) is 27.9 Å². The largest absolute Gasteiger partial charge is 0.385 e. The standard InChI is InChI=1S/C25H23FN4OS/c26-20-11-7-17(8-12-20)22(27)16-24(28)29-25(31)19-9-13-21(14-10-19)32-30-15-3-5-18-4-1-2-6-23(18)30/h1-2,4,6-14,16,27H,3,5,15,28H2,(H,29,31)/b24-16+,27-22?. The Morgan fingerprint density at radius 3 is 2.47 bits per heavy atom. The molecule has 3 aromatic rings. The lowest BCUT2D eigenvalue weighted by Crippen LogP contribution is -2.28. The molecule has 0 unspecified atom stereocenters. The summed E-state index contributed by atoms with van der Waals surface area (Å²) in [6, 6.07) is 21.3. The van der Waals surface area contributed by atoms with Crippen LogP contribution in [0.2, 0.25) is 0 Å². The SMILES string of the molecule is N=C(/C=C(\N)NC(=O)c1ccc(SN2CCCc3ccccc32)cc1)c1ccc(F)cc1. The Bertz CT molecular complexity index is 1160. The molecular weight excluding hydrogens is 423 g/mol. The Balaban J connectivity index is 1.38. The van der Waals surface area contributed by atoms with Crippen LogP contribution in [-0.4, -0.2) is 18.2 Å². The average Bonchev–Trinajstić information content (AvgIpc) is 2.80. The number of benzene rings is 3. The number of fused-ring (bicyclic) bond motifs is 1. The minimum Gasteiger partial charge on any atom is -0.385 e. The number of hydrogen-bond acceptors (Lipinski definition) is 5. The van der Waals surface area contributed by atoms with Crippen LogP contribution in [0.4, 0.5) is 10.1 Å². The van der Waals surface area contributed by atoms with E-state index in [1.54, 1.807) is 24.1 Å². The van der Waals surface area contributed by atoms with E-state index < -0.39 is 0 Å². The topological polar surface area (TPSA) is 82.2 Å². The Morgan fingerprint density at radius 1 is 1.03 bits per heavy atom. The molecule has 1 aliphatic heterocycles. The van der Waals surface area contributed by atoms with Crippen LogP contribution in [0.5, 0.6) is 0 Å². The van der Waals surface area contributed by atoms with E-state index in [0.29, 0.717) is 11.1 Å². The smallest absolute Gasteiger partial charge is 0.256 e. The molecule has 1 heterocycles. The van der Waals surface area contributed by atoms with Crippen LogP contribution in [0.25, 0.3) is 0 Å². The van der Waals surface area contributed by atoms with E-state index in [1.165, 1.54) is 41.6 Å². The van der Waals surface area contributed by atoms with Crippen molar-refractivity contribution in [3.63, 3.8) is 0 Å². The molecule has 0 radical (unpaired) electrons. The third kappa shape index (κ3) is 5.18. The average molecular weight is 447 g/mol. The minimum atomic E-state index is -0.377. The number of carbonyl (C=O) groups is 1. The van der Waals surface area contributed by atoms with Gasteiger partial charge < -0.3 is 20.8 Å². The molecule has 1 aliphatic rings. The van der Waals surface area contributed by atoms with Crippen molar-refractivity contribution in [2.24, 2.45) is 5.73 Å². The first kappa shape index (κ1) is 21.6. The van der Waals surface area contributed by atoms with Crippen molar-refractivity contribution in [1.29, 1.82) is 5.41 Å². The molecule has 162 valence electrons. The van der Waals surface area contributed by atoms with Gasteiger partial charge in [0.05, 0.1) is 11.4 Å². The molecule has 0 aromatic heterocycles. The van der Waals surface area contributed by atoms with Gasteiger partial charge in [0.25, 0.3) is 5.91 Å². The summed E-state index contributed by atoms with van der Waals surface area (Å²) in [5, 5.41) is 10.6. The molecule has 7 heteroatoms. The van der Waals surface area contributed by atoms with E-state index in [9.17, 15) is 9.18 Å². The van der Waals surface area contributed by atoms with Gasteiger partial charge in [-0.05, 0) is 90.5 Å². The first-order valence-corrected chi connectivity index (χ1v) is 11.0. The van der Waals surface area contributed by atoms with Gasteiger partial charge >= 0.3 is 0 Å². The maximum absolute atomic E-state index is 13.0. The second-order valence-corrected chi connectivity index (χ2v) is 8.52. The van der Waals surface area contributed by atoms with Gasteiger partial charge in [-0.25, -0.2) is 4.39 Å². The third-order valence-electron chi connectivity index (χ3n) is 5.11. The zero-order chi connectivity index (χ0) is 22.5. The van der Waals surface area contributed by atoms with Crippen LogP contribution >= 0.6 is 11.9 Å². The number of amides is 1. The van der Waals surface area contributed by atoms with E-state index in [2.05, 4.69) is 33.9 Å². The zero-order valence-corrected chi connectivity index (χ0v) is 18.2. The van der Waals surface area contributed by atoms with Crippen molar-refractivity contribution in [3.05, 3.63) is 107 Å². The Morgan fingerprint density at radius 2 is 1.72 bits per heavy atom. The summed E-state index contributed by atoms with van der Waals surface area (Å²) in [6.07, 6.45) is 3.55. The number of para-hydroxylation sites is 1. The molecule has 0 aliphatic carbocycles. The molecular formula is C25H23FN4OS. The first-order valence-electron chi connectivity index (χ1n) is 10.3. The maximum Gasteiger partial charge on any atom is 0.256 e. The van der Waals surface area contributed by atoms with Gasteiger partial charge in [-0.15, -0.1) is 0 Å². The van der Waals surface area contributed by atoms with Gasteiger partial charge in [-0.3, -0.25) is 4.79 Å². The molecule has 0 atom stereocenters. The van der Waals surface area contributed by atoms with E-state index in [-0.39, 0.29) is 23.3 Å². The van der Waals surface area contributed by atoms with Crippen molar-refractivity contribution in [3.8, 4) is 0 Å². The Hall–Kier alpha value is -3.58. The van der Waals surface area contributed by atoms with Crippen molar-refractivity contribution < 1.29 is 9.18 Å². The third-order valence-corrected chi connectivity index (χ3v) is 6.20. The number of nitrogens with two attached hydrogens (primary N) is 1. The highest BCUT2D eigenvalue weighted by Gasteiger charge is 2.17. The van der Waals surface area contributed by atoms with Crippen molar-refractivity contribution in [2.75, 3.05) is 10.8 Å². The van der Waals surface area contributed by atoms with Crippen LogP contribution < -0.4 is 15.4 Å².